The summed E-state index contributed by atoms with van der Waals surface area (Å²) in [7, 11) is 1.71. The van der Waals surface area contributed by atoms with E-state index in [1.165, 1.54) is 4.57 Å². The van der Waals surface area contributed by atoms with Gasteiger partial charge in [0.25, 0.3) is 5.56 Å². The van der Waals surface area contributed by atoms with Crippen molar-refractivity contribution in [2.45, 2.75) is 13.3 Å². The molecule has 0 radical (unpaired) electrons. The Morgan fingerprint density at radius 1 is 1.07 bits per heavy atom. The quantitative estimate of drug-likeness (QED) is 0.692. The number of fused-ring (bicyclic) bond motifs is 1. The second-order valence-electron chi connectivity index (χ2n) is 7.12. The fourth-order valence-corrected chi connectivity index (χ4v) is 3.60. The highest BCUT2D eigenvalue weighted by atomic mass is 16.2. The number of aryl methyl sites for hydroxylation is 2. The minimum atomic E-state index is -0.161. The van der Waals surface area contributed by atoms with Crippen LogP contribution in [-0.4, -0.2) is 51.5 Å². The van der Waals surface area contributed by atoms with E-state index in [1.807, 2.05) is 53.1 Å². The summed E-state index contributed by atoms with van der Waals surface area (Å²) in [6.45, 7) is 4.37. The van der Waals surface area contributed by atoms with Gasteiger partial charge in [-0.3, -0.25) is 14.2 Å². The monoisotopic (exact) mass is 377 g/mol. The summed E-state index contributed by atoms with van der Waals surface area (Å²) in [6.07, 6.45) is 2.07. The van der Waals surface area contributed by atoms with E-state index in [1.54, 1.807) is 13.2 Å². The molecule has 0 unspecified atom stereocenters. The lowest BCUT2D eigenvalue weighted by Crippen LogP contribution is -2.51. The molecule has 1 aliphatic heterocycles. The summed E-state index contributed by atoms with van der Waals surface area (Å²) < 4.78 is 1.54. The van der Waals surface area contributed by atoms with Crippen LogP contribution in [0.4, 0.5) is 5.82 Å². The normalized spacial score (nSPS) is 14.5. The van der Waals surface area contributed by atoms with E-state index < -0.39 is 0 Å². The van der Waals surface area contributed by atoms with Gasteiger partial charge in [-0.25, -0.2) is 9.97 Å². The molecule has 1 amide bonds. The molecule has 0 spiro atoms. The minimum absolute atomic E-state index is 0.123. The first kappa shape index (κ1) is 18.2. The number of benzene rings is 1. The summed E-state index contributed by atoms with van der Waals surface area (Å²) in [4.78, 5) is 38.0. The lowest BCUT2D eigenvalue weighted by atomic mass is 10.1. The van der Waals surface area contributed by atoms with Crippen molar-refractivity contribution >= 4 is 22.9 Å². The predicted molar refractivity (Wildman–Crippen MR) is 108 cm³/mol. The van der Waals surface area contributed by atoms with E-state index in [2.05, 4.69) is 9.97 Å². The molecular formula is C21H23N5O2. The van der Waals surface area contributed by atoms with E-state index in [0.717, 1.165) is 11.1 Å². The molecule has 2 aromatic heterocycles. The standard InChI is InChI=1S/C21H23N5O2/c1-15-6-3-4-7-16(15)14-18(27)25-10-12-26(13-11-25)20-21(28)24(2)19-17(23-20)8-5-9-22-19/h3-9H,10-14H2,1-2H3. The van der Waals surface area contributed by atoms with Crippen molar-refractivity contribution in [3.05, 3.63) is 64.1 Å². The van der Waals surface area contributed by atoms with E-state index in [4.69, 9.17) is 0 Å². The van der Waals surface area contributed by atoms with Gasteiger partial charge in [0.05, 0.1) is 6.42 Å². The molecule has 0 atom stereocenters. The summed E-state index contributed by atoms with van der Waals surface area (Å²) in [5.74, 6) is 0.548. The maximum Gasteiger partial charge on any atom is 0.294 e. The average molecular weight is 377 g/mol. The Kier molecular flexibility index (Phi) is 4.81. The number of aromatic nitrogens is 3. The molecule has 3 heterocycles. The second kappa shape index (κ2) is 7.42. The predicted octanol–water partition coefficient (Wildman–Crippen LogP) is 1.53. The van der Waals surface area contributed by atoms with E-state index >= 15 is 0 Å². The van der Waals surface area contributed by atoms with Gasteiger partial charge in [-0.1, -0.05) is 24.3 Å². The molecule has 7 nitrogen and oxygen atoms in total. The number of carbonyl (C=O) groups excluding carboxylic acids is 1. The Bertz CT molecular complexity index is 1080. The molecule has 28 heavy (non-hydrogen) atoms. The number of hydrogen-bond acceptors (Lipinski definition) is 5. The van der Waals surface area contributed by atoms with Crippen molar-refractivity contribution in [2.75, 3.05) is 31.1 Å². The lowest BCUT2D eigenvalue weighted by molar-refractivity contribution is -0.130. The van der Waals surface area contributed by atoms with Crippen molar-refractivity contribution in [3.8, 4) is 0 Å². The van der Waals surface area contributed by atoms with Gasteiger partial charge in [-0.2, -0.15) is 0 Å². The Morgan fingerprint density at radius 2 is 1.82 bits per heavy atom. The summed E-state index contributed by atoms with van der Waals surface area (Å²) in [5, 5.41) is 0. The van der Waals surface area contributed by atoms with Gasteiger partial charge in [0.1, 0.15) is 5.52 Å². The third-order valence-corrected chi connectivity index (χ3v) is 5.34. The molecule has 0 N–H and O–H groups in total. The highest BCUT2D eigenvalue weighted by molar-refractivity contribution is 5.79. The fraction of sp³-hybridized carbons (Fsp3) is 0.333. The van der Waals surface area contributed by atoms with Crippen molar-refractivity contribution in [3.63, 3.8) is 0 Å². The van der Waals surface area contributed by atoms with Crippen LogP contribution in [0.3, 0.4) is 0 Å². The van der Waals surface area contributed by atoms with Gasteiger partial charge in [0.2, 0.25) is 5.91 Å². The van der Waals surface area contributed by atoms with Crippen molar-refractivity contribution in [1.29, 1.82) is 0 Å². The zero-order chi connectivity index (χ0) is 19.7. The van der Waals surface area contributed by atoms with Crippen molar-refractivity contribution in [2.24, 2.45) is 7.05 Å². The van der Waals surface area contributed by atoms with Crippen LogP contribution in [-0.2, 0) is 18.3 Å². The topological polar surface area (TPSA) is 71.3 Å². The molecule has 7 heteroatoms. The Morgan fingerprint density at radius 3 is 2.57 bits per heavy atom. The Hall–Kier alpha value is -3.22. The van der Waals surface area contributed by atoms with Crippen LogP contribution in [0.5, 0.6) is 0 Å². The van der Waals surface area contributed by atoms with Crippen LogP contribution in [0.15, 0.2) is 47.4 Å². The molecule has 144 valence electrons. The summed E-state index contributed by atoms with van der Waals surface area (Å²) in [6, 6.07) is 11.6. The number of pyridine rings is 1. The van der Waals surface area contributed by atoms with Gasteiger partial charge in [0.15, 0.2) is 11.5 Å². The van der Waals surface area contributed by atoms with Gasteiger partial charge in [-0.15, -0.1) is 0 Å². The van der Waals surface area contributed by atoms with Gasteiger partial charge in [-0.05, 0) is 30.2 Å². The number of anilines is 1. The zero-order valence-electron chi connectivity index (χ0n) is 16.1. The van der Waals surface area contributed by atoms with Crippen LogP contribution in [0.2, 0.25) is 0 Å². The summed E-state index contributed by atoms with van der Waals surface area (Å²) in [5.41, 5.74) is 3.30. The third kappa shape index (κ3) is 3.35. The van der Waals surface area contributed by atoms with Crippen LogP contribution in [0, 0.1) is 6.92 Å². The number of rotatable bonds is 3. The third-order valence-electron chi connectivity index (χ3n) is 5.34. The first-order valence-corrected chi connectivity index (χ1v) is 9.43. The molecule has 4 rings (SSSR count). The highest BCUT2D eigenvalue weighted by Crippen LogP contribution is 2.15. The molecule has 3 aromatic rings. The number of amides is 1. The number of hydrogen-bond donors (Lipinski definition) is 0. The minimum Gasteiger partial charge on any atom is -0.348 e. The molecule has 1 aromatic carbocycles. The SMILES string of the molecule is Cc1ccccc1CC(=O)N1CCN(c2nc3cccnc3n(C)c2=O)CC1. The van der Waals surface area contributed by atoms with Crippen molar-refractivity contribution < 1.29 is 4.79 Å². The Balaban J connectivity index is 1.48. The van der Waals surface area contributed by atoms with Gasteiger partial charge in [0, 0.05) is 39.4 Å². The second-order valence-corrected chi connectivity index (χ2v) is 7.12. The molecule has 0 aliphatic carbocycles. The first-order valence-electron chi connectivity index (χ1n) is 9.43. The van der Waals surface area contributed by atoms with Crippen LogP contribution in [0.25, 0.3) is 11.2 Å². The molecular weight excluding hydrogens is 354 g/mol. The highest BCUT2D eigenvalue weighted by Gasteiger charge is 2.24. The number of piperazine rings is 1. The van der Waals surface area contributed by atoms with E-state index in [0.29, 0.717) is 49.6 Å². The molecule has 0 bridgehead atoms. The maximum absolute atomic E-state index is 12.7. The molecule has 1 saturated heterocycles. The fourth-order valence-electron chi connectivity index (χ4n) is 3.60. The Labute approximate surface area is 163 Å². The van der Waals surface area contributed by atoms with Crippen LogP contribution < -0.4 is 10.5 Å². The number of nitrogens with zero attached hydrogens (tertiary/aromatic N) is 5. The van der Waals surface area contributed by atoms with E-state index in [9.17, 15) is 9.59 Å². The zero-order valence-corrected chi connectivity index (χ0v) is 16.1. The largest absolute Gasteiger partial charge is 0.348 e. The first-order chi connectivity index (χ1) is 13.5. The molecule has 1 fully saturated rings. The number of carbonyl (C=O) groups is 1. The van der Waals surface area contributed by atoms with Crippen molar-refractivity contribution in [1.82, 2.24) is 19.4 Å². The smallest absolute Gasteiger partial charge is 0.294 e. The molecule has 1 aliphatic rings. The van der Waals surface area contributed by atoms with Gasteiger partial charge < -0.3 is 9.80 Å². The summed E-state index contributed by atoms with van der Waals surface area (Å²) >= 11 is 0. The van der Waals surface area contributed by atoms with Crippen LogP contribution >= 0.6 is 0 Å². The maximum atomic E-state index is 12.7. The van der Waals surface area contributed by atoms with Crippen LogP contribution in [0.1, 0.15) is 11.1 Å². The molecule has 0 saturated carbocycles. The van der Waals surface area contributed by atoms with E-state index in [-0.39, 0.29) is 11.5 Å². The lowest BCUT2D eigenvalue weighted by Gasteiger charge is -2.35. The van der Waals surface area contributed by atoms with Gasteiger partial charge >= 0.3 is 0 Å². The average Bonchev–Trinajstić information content (AvgIpc) is 2.72.